The second-order valence-corrected chi connectivity index (χ2v) is 14.8. The molecular weight excluding hydrogens is 690 g/mol. The lowest BCUT2D eigenvalue weighted by Crippen LogP contribution is -2.71. The number of piperazine rings is 1. The lowest BCUT2D eigenvalue weighted by Gasteiger charge is -2.48. The van der Waals surface area contributed by atoms with Crippen molar-refractivity contribution < 1.29 is 54.2 Å². The first-order chi connectivity index (χ1) is 25.1. The first kappa shape index (κ1) is 36.5. The molecule has 4 fully saturated rings. The largest absolute Gasteiger partial charge is 0.479 e. The van der Waals surface area contributed by atoms with Crippen LogP contribution < -0.4 is 5.32 Å². The van der Waals surface area contributed by atoms with Crippen molar-refractivity contribution >= 4 is 40.6 Å². The molecule has 3 unspecified atom stereocenters. The fourth-order valence-corrected chi connectivity index (χ4v) is 8.92. The summed E-state index contributed by atoms with van der Waals surface area (Å²) in [4.78, 5) is 69.9. The van der Waals surface area contributed by atoms with Crippen molar-refractivity contribution in [1.82, 2.24) is 25.0 Å². The Balaban J connectivity index is 0.000000384. The summed E-state index contributed by atoms with van der Waals surface area (Å²) in [6, 6.07) is 14.4. The zero-order chi connectivity index (χ0) is 38.0. The third-order valence-corrected chi connectivity index (χ3v) is 11.4. The summed E-state index contributed by atoms with van der Waals surface area (Å²) in [5.41, 5.74) is 2.74. The van der Waals surface area contributed by atoms with E-state index in [1.165, 1.54) is 28.3 Å². The number of rotatable bonds is 7. The molecule has 2 aromatic carbocycles. The minimum Gasteiger partial charge on any atom is -0.479 e. The monoisotopic (exact) mass is 733 g/mol. The molecule has 0 radical (unpaired) electrons. The van der Waals surface area contributed by atoms with Crippen molar-refractivity contribution in [1.29, 1.82) is 0 Å². The normalized spacial score (nSPS) is 31.5. The summed E-state index contributed by atoms with van der Waals surface area (Å²) < 4.78 is 6.25. The van der Waals surface area contributed by atoms with Gasteiger partial charge in [0.2, 0.25) is 17.5 Å². The molecule has 4 saturated heterocycles. The Hall–Kier alpha value is -4.87. The smallest absolute Gasteiger partial charge is 0.335 e. The SMILES string of the molecule is CN1C[C@H](C(=O)N[C@]2(C)O[C@@]3(O)[C@@H]4CCCN4C(=O)[C@H](Cc4ccccc4)N3C2=O)CC2c3cccc4[nH]cc(c34)C[C@H]21.O=C(O)C(O)C(O)C(=O)O. The first-order valence-electron chi connectivity index (χ1n) is 17.7. The molecular formula is C37H43N5O11. The summed E-state index contributed by atoms with van der Waals surface area (Å²) in [5.74, 6) is -6.85. The Morgan fingerprint density at radius 1 is 1.04 bits per heavy atom. The highest BCUT2D eigenvalue weighted by Crippen LogP contribution is 2.47. The maximum Gasteiger partial charge on any atom is 0.335 e. The Morgan fingerprint density at radius 2 is 1.74 bits per heavy atom. The first-order valence-corrected chi connectivity index (χ1v) is 17.7. The van der Waals surface area contributed by atoms with Crippen molar-refractivity contribution in [3.05, 3.63) is 71.4 Å². The number of aromatic amines is 1. The molecule has 16 heteroatoms. The third kappa shape index (κ3) is 6.13. The van der Waals surface area contributed by atoms with Crippen molar-refractivity contribution in [2.45, 2.75) is 86.9 Å². The molecule has 1 aliphatic carbocycles. The number of carbonyl (C=O) groups excluding carboxylic acids is 3. The van der Waals surface area contributed by atoms with Gasteiger partial charge in [-0.15, -0.1) is 0 Å². The molecule has 0 bridgehead atoms. The Bertz CT molecular complexity index is 1940. The highest BCUT2D eigenvalue weighted by molar-refractivity contribution is 5.97. The molecule has 53 heavy (non-hydrogen) atoms. The van der Waals surface area contributed by atoms with Crippen molar-refractivity contribution in [3.8, 4) is 0 Å². The van der Waals surface area contributed by atoms with Gasteiger partial charge in [-0.3, -0.25) is 24.0 Å². The number of aliphatic hydroxyl groups is 3. The van der Waals surface area contributed by atoms with Gasteiger partial charge in [0, 0.05) is 48.6 Å². The van der Waals surface area contributed by atoms with Gasteiger partial charge in [0.05, 0.1) is 5.92 Å². The van der Waals surface area contributed by atoms with Crippen LogP contribution in [0, 0.1) is 5.92 Å². The quantitative estimate of drug-likeness (QED) is 0.170. The molecule has 5 aliphatic rings. The highest BCUT2D eigenvalue weighted by atomic mass is 16.7. The van der Waals surface area contributed by atoms with Crippen LogP contribution in [0.4, 0.5) is 0 Å². The molecule has 3 aromatic rings. The number of amides is 3. The number of carboxylic acid groups (broad SMARTS) is 2. The Labute approximate surface area is 303 Å². The van der Waals surface area contributed by atoms with Crippen molar-refractivity contribution in [2.75, 3.05) is 20.1 Å². The van der Waals surface area contributed by atoms with E-state index in [9.17, 15) is 29.1 Å². The number of nitrogens with zero attached hydrogens (tertiary/aromatic N) is 3. The molecule has 4 aliphatic heterocycles. The van der Waals surface area contributed by atoms with Crippen LogP contribution in [0.3, 0.4) is 0 Å². The minimum absolute atomic E-state index is 0.171. The van der Waals surface area contributed by atoms with Gasteiger partial charge in [0.15, 0.2) is 12.2 Å². The number of piperidine rings is 1. The number of nitrogens with one attached hydrogen (secondary N) is 2. The summed E-state index contributed by atoms with van der Waals surface area (Å²) in [6.07, 6.45) is 0.594. The standard InChI is InChI=1S/C33H37N5O5.C4H6O6/c1-32(35-29(39)21-15-23-22-10-6-11-24-28(22)20(17-34-24)16-25(23)36(2)18-21)31(41)38-26(14-19-8-4-3-5-9-19)30(40)37-13-7-12-27(37)33(38,42)43-32;5-1(3(7)8)2(6)4(9)10/h3-6,8-11,17,21,23,25-27,34,42H,7,12-16,18H2,1-2H3,(H,35,39);1-2,5-6H,(H,7,8)(H,9,10)/t21-,23?,25-,26+,27+,32-,33+;/m1./s1. The van der Waals surface area contributed by atoms with E-state index in [0.717, 1.165) is 17.5 Å². The fraction of sp³-hybridized carbons (Fsp3) is 0.486. The van der Waals surface area contributed by atoms with Crippen molar-refractivity contribution in [3.63, 3.8) is 0 Å². The number of aliphatic hydroxyl groups excluding tert-OH is 2. The van der Waals surface area contributed by atoms with E-state index in [1.54, 1.807) is 4.90 Å². The van der Waals surface area contributed by atoms with Gasteiger partial charge in [-0.1, -0.05) is 42.5 Å². The summed E-state index contributed by atoms with van der Waals surface area (Å²) in [5, 5.41) is 48.8. The topological polar surface area (TPSA) is 233 Å². The molecule has 9 atom stereocenters. The van der Waals surface area contributed by atoms with Gasteiger partial charge in [0.25, 0.3) is 11.8 Å². The van der Waals surface area contributed by atoms with Crippen LogP contribution >= 0.6 is 0 Å². The Morgan fingerprint density at radius 3 is 2.42 bits per heavy atom. The van der Waals surface area contributed by atoms with Crippen LogP contribution in [0.15, 0.2) is 54.7 Å². The number of likely N-dealkylation sites (N-methyl/N-ethyl adjacent to an activating group) is 1. The third-order valence-electron chi connectivity index (χ3n) is 11.4. The van der Waals surface area contributed by atoms with Gasteiger partial charge in [-0.2, -0.15) is 0 Å². The molecule has 0 spiro atoms. The molecule has 282 valence electrons. The van der Waals surface area contributed by atoms with Gasteiger partial charge in [-0.05, 0) is 62.4 Å². The zero-order valence-corrected chi connectivity index (χ0v) is 29.2. The lowest BCUT2D eigenvalue weighted by atomic mass is 9.72. The number of carboxylic acids is 2. The van der Waals surface area contributed by atoms with Gasteiger partial charge in [0.1, 0.15) is 12.1 Å². The summed E-state index contributed by atoms with van der Waals surface area (Å²) >= 11 is 0. The summed E-state index contributed by atoms with van der Waals surface area (Å²) in [7, 11) is 2.06. The average Bonchev–Trinajstić information content (AvgIpc) is 3.84. The predicted molar refractivity (Wildman–Crippen MR) is 185 cm³/mol. The van der Waals surface area contributed by atoms with Crippen LogP contribution in [0.25, 0.3) is 10.9 Å². The summed E-state index contributed by atoms with van der Waals surface area (Å²) in [6.45, 7) is 2.56. The molecule has 0 saturated carbocycles. The van der Waals surface area contributed by atoms with Gasteiger partial charge >= 0.3 is 11.9 Å². The number of H-pyrrole nitrogens is 1. The van der Waals surface area contributed by atoms with E-state index in [2.05, 4.69) is 46.6 Å². The van der Waals surface area contributed by atoms with E-state index in [-0.39, 0.29) is 36.1 Å². The lowest BCUT2D eigenvalue weighted by molar-refractivity contribution is -0.315. The Kier molecular flexibility index (Phi) is 9.31. The number of ether oxygens (including phenoxy) is 1. The number of fused-ring (bicyclic) bond motifs is 5. The van der Waals surface area contributed by atoms with Crippen LogP contribution in [0.5, 0.6) is 0 Å². The van der Waals surface area contributed by atoms with Crippen LogP contribution in [-0.4, -0.2) is 137 Å². The highest BCUT2D eigenvalue weighted by Gasteiger charge is 2.70. The molecule has 1 aromatic heterocycles. The molecule has 7 N–H and O–H groups in total. The van der Waals surface area contributed by atoms with Crippen LogP contribution in [-0.2, 0) is 41.6 Å². The number of hydrogen-bond acceptors (Lipinski definition) is 10. The second-order valence-electron chi connectivity index (χ2n) is 14.8. The number of carbonyl (C=O) groups is 5. The minimum atomic E-state index is -2.27. The second kappa shape index (κ2) is 13.5. The number of likely N-dealkylation sites (tertiary alicyclic amines) is 1. The number of aliphatic carboxylic acids is 2. The maximum atomic E-state index is 14.2. The predicted octanol–water partition coefficient (Wildman–Crippen LogP) is -0.0415. The van der Waals surface area contributed by atoms with Gasteiger partial charge < -0.3 is 45.6 Å². The molecule has 16 nitrogen and oxygen atoms in total. The van der Waals surface area contributed by atoms with E-state index in [4.69, 9.17) is 25.2 Å². The number of hydrogen-bond donors (Lipinski definition) is 7. The van der Waals surface area contributed by atoms with E-state index < -0.39 is 53.8 Å². The van der Waals surface area contributed by atoms with Crippen LogP contribution in [0.1, 0.15) is 48.8 Å². The molecule has 3 amide bonds. The molecule has 8 rings (SSSR count). The van der Waals surface area contributed by atoms with Crippen LogP contribution in [0.2, 0.25) is 0 Å². The van der Waals surface area contributed by atoms with E-state index >= 15 is 0 Å². The average molecular weight is 734 g/mol. The number of aromatic nitrogens is 1. The van der Waals surface area contributed by atoms with E-state index in [1.807, 2.05) is 30.3 Å². The maximum absolute atomic E-state index is 14.2. The van der Waals surface area contributed by atoms with Gasteiger partial charge in [-0.25, -0.2) is 9.59 Å². The van der Waals surface area contributed by atoms with E-state index in [0.29, 0.717) is 32.4 Å². The number of benzene rings is 2. The van der Waals surface area contributed by atoms with Crippen molar-refractivity contribution in [2.24, 2.45) is 5.92 Å². The zero-order valence-electron chi connectivity index (χ0n) is 29.2. The fourth-order valence-electron chi connectivity index (χ4n) is 8.92. The molecule has 5 heterocycles.